The molecule has 1 unspecified atom stereocenters. The van der Waals surface area contributed by atoms with Crippen LogP contribution in [-0.4, -0.2) is 28.6 Å². The molecule has 0 spiro atoms. The van der Waals surface area contributed by atoms with Crippen LogP contribution in [0.15, 0.2) is 72.0 Å². The lowest BCUT2D eigenvalue weighted by atomic mass is 10.1. The number of hydrogen-bond acceptors (Lipinski definition) is 5. The summed E-state index contributed by atoms with van der Waals surface area (Å²) in [5.74, 6) is -0.907. The summed E-state index contributed by atoms with van der Waals surface area (Å²) < 4.78 is 0. The topological polar surface area (TPSA) is 101 Å². The third-order valence-electron chi connectivity index (χ3n) is 4.40. The number of nitrogens with zero attached hydrogens (tertiary/aromatic N) is 3. The molecule has 1 aliphatic rings. The van der Waals surface area contributed by atoms with E-state index in [-0.39, 0.29) is 18.0 Å². The summed E-state index contributed by atoms with van der Waals surface area (Å²) in [6.07, 6.45) is 1.82. The fraction of sp³-hybridized carbons (Fsp3) is 0.100. The third kappa shape index (κ3) is 3.22. The Labute approximate surface area is 155 Å². The molecule has 4 rings (SSSR count). The van der Waals surface area contributed by atoms with Gasteiger partial charge in [-0.15, -0.1) is 0 Å². The van der Waals surface area contributed by atoms with Crippen molar-refractivity contribution in [3.63, 3.8) is 0 Å². The van der Waals surface area contributed by atoms with Crippen molar-refractivity contribution in [2.75, 3.05) is 10.3 Å². The largest absolute Gasteiger partial charge is 0.368 e. The molecular weight excluding hydrogens is 342 g/mol. The first kappa shape index (κ1) is 16.7. The number of hydrogen-bond donors (Lipinski definition) is 2. The Morgan fingerprint density at radius 1 is 1.04 bits per heavy atom. The van der Waals surface area contributed by atoms with E-state index in [9.17, 15) is 9.59 Å². The third-order valence-corrected chi connectivity index (χ3v) is 4.40. The van der Waals surface area contributed by atoms with Crippen molar-refractivity contribution in [2.24, 2.45) is 10.8 Å². The molecule has 1 atom stereocenters. The van der Waals surface area contributed by atoms with Gasteiger partial charge in [-0.25, -0.2) is 0 Å². The van der Waals surface area contributed by atoms with Crippen molar-refractivity contribution in [3.05, 3.63) is 66.9 Å². The predicted molar refractivity (Wildman–Crippen MR) is 104 cm³/mol. The average Bonchev–Trinajstić information content (AvgIpc) is 3.15. The number of carbonyl (C=O) groups is 2. The van der Waals surface area contributed by atoms with Gasteiger partial charge in [-0.3, -0.25) is 19.6 Å². The number of rotatable bonds is 4. The van der Waals surface area contributed by atoms with E-state index >= 15 is 0 Å². The fourth-order valence-electron chi connectivity index (χ4n) is 3.09. The Hall–Kier alpha value is -3.74. The number of nitrogens with two attached hydrogens (primary N) is 1. The Kier molecular flexibility index (Phi) is 4.25. The number of benzene rings is 2. The first-order valence-corrected chi connectivity index (χ1v) is 8.49. The molecule has 0 bridgehead atoms. The summed E-state index contributed by atoms with van der Waals surface area (Å²) in [4.78, 5) is 28.9. The van der Waals surface area contributed by atoms with Crippen molar-refractivity contribution < 1.29 is 9.59 Å². The van der Waals surface area contributed by atoms with Gasteiger partial charge in [-0.05, 0) is 24.3 Å². The minimum Gasteiger partial charge on any atom is -0.368 e. The molecular formula is C20H17N5O2. The highest BCUT2D eigenvalue weighted by molar-refractivity contribution is 6.44. The second-order valence-corrected chi connectivity index (χ2v) is 6.18. The Morgan fingerprint density at radius 3 is 2.59 bits per heavy atom. The van der Waals surface area contributed by atoms with Gasteiger partial charge in [-0.2, -0.15) is 5.10 Å². The number of primary amides is 1. The SMILES string of the molecule is NC(=O)C1CC(C(=O)Nc2cccc3cccnc23)=NN1c1ccccc1. The molecule has 0 aliphatic carbocycles. The van der Waals surface area contributed by atoms with Crippen LogP contribution in [0.2, 0.25) is 0 Å². The van der Waals surface area contributed by atoms with Gasteiger partial charge >= 0.3 is 0 Å². The lowest BCUT2D eigenvalue weighted by molar-refractivity contribution is -0.119. The molecule has 3 aromatic rings. The van der Waals surface area contributed by atoms with Crippen molar-refractivity contribution in [1.29, 1.82) is 0 Å². The normalized spacial score (nSPS) is 16.2. The quantitative estimate of drug-likeness (QED) is 0.746. The molecule has 2 aromatic carbocycles. The Balaban J connectivity index is 1.62. The number of nitrogens with one attached hydrogen (secondary N) is 1. The molecule has 27 heavy (non-hydrogen) atoms. The van der Waals surface area contributed by atoms with Crippen LogP contribution in [0.3, 0.4) is 0 Å². The number of hydrazone groups is 1. The van der Waals surface area contributed by atoms with Crippen molar-refractivity contribution >= 4 is 39.8 Å². The van der Waals surface area contributed by atoms with Gasteiger partial charge in [0.2, 0.25) is 5.91 Å². The van der Waals surface area contributed by atoms with Crippen molar-refractivity contribution in [2.45, 2.75) is 12.5 Å². The number of anilines is 2. The monoisotopic (exact) mass is 359 g/mol. The first-order chi connectivity index (χ1) is 13.1. The molecule has 7 nitrogen and oxygen atoms in total. The maximum atomic E-state index is 12.8. The Bertz CT molecular complexity index is 1040. The van der Waals surface area contributed by atoms with Crippen LogP contribution in [0.4, 0.5) is 11.4 Å². The average molecular weight is 359 g/mol. The molecule has 2 amide bonds. The predicted octanol–water partition coefficient (Wildman–Crippen LogP) is 2.29. The smallest absolute Gasteiger partial charge is 0.272 e. The molecule has 7 heteroatoms. The minimum atomic E-state index is -0.696. The van der Waals surface area contributed by atoms with Gasteiger partial charge in [0.15, 0.2) is 0 Å². The summed E-state index contributed by atoms with van der Waals surface area (Å²) in [6, 6.07) is 17.8. The second-order valence-electron chi connectivity index (χ2n) is 6.18. The molecule has 0 radical (unpaired) electrons. The second kappa shape index (κ2) is 6.87. The van der Waals surface area contributed by atoms with Crippen molar-refractivity contribution in [3.8, 4) is 0 Å². The van der Waals surface area contributed by atoms with E-state index in [1.165, 1.54) is 5.01 Å². The fourth-order valence-corrected chi connectivity index (χ4v) is 3.09. The van der Waals surface area contributed by atoms with Gasteiger partial charge in [-0.1, -0.05) is 36.4 Å². The minimum absolute atomic E-state index is 0.147. The first-order valence-electron chi connectivity index (χ1n) is 8.49. The molecule has 2 heterocycles. The summed E-state index contributed by atoms with van der Waals surface area (Å²) in [5.41, 5.74) is 7.75. The number of para-hydroxylation sites is 2. The van der Waals surface area contributed by atoms with Crippen LogP contribution in [0.1, 0.15) is 6.42 Å². The summed E-state index contributed by atoms with van der Waals surface area (Å²) in [7, 11) is 0. The van der Waals surface area contributed by atoms with Crippen LogP contribution >= 0.6 is 0 Å². The van der Waals surface area contributed by atoms with E-state index in [1.54, 1.807) is 12.3 Å². The number of amides is 2. The summed E-state index contributed by atoms with van der Waals surface area (Å²) in [6.45, 7) is 0. The van der Waals surface area contributed by atoms with Gasteiger partial charge in [0.1, 0.15) is 11.8 Å². The van der Waals surface area contributed by atoms with Crippen LogP contribution in [0, 0.1) is 0 Å². The molecule has 3 N–H and O–H groups in total. The molecule has 1 aromatic heterocycles. The summed E-state index contributed by atoms with van der Waals surface area (Å²) >= 11 is 0. The zero-order chi connectivity index (χ0) is 18.8. The van der Waals surface area contributed by atoms with Crippen LogP contribution < -0.4 is 16.1 Å². The number of pyridine rings is 1. The summed E-state index contributed by atoms with van der Waals surface area (Å²) in [5, 5.41) is 9.62. The highest BCUT2D eigenvalue weighted by Gasteiger charge is 2.35. The van der Waals surface area contributed by atoms with Crippen molar-refractivity contribution in [1.82, 2.24) is 4.98 Å². The van der Waals surface area contributed by atoms with Crippen LogP contribution in [-0.2, 0) is 9.59 Å². The standard InChI is InChI=1S/C20H17N5O2/c21-19(26)17-12-16(24-25(17)14-8-2-1-3-9-14)20(27)23-15-10-4-6-13-7-5-11-22-18(13)15/h1-11,17H,12H2,(H2,21,26)(H,23,27). The lowest BCUT2D eigenvalue weighted by Crippen LogP contribution is -2.39. The zero-order valence-electron chi connectivity index (χ0n) is 14.4. The molecule has 0 saturated carbocycles. The molecule has 0 saturated heterocycles. The van der Waals surface area contributed by atoms with Crippen LogP contribution in [0.5, 0.6) is 0 Å². The maximum absolute atomic E-state index is 12.8. The van der Waals surface area contributed by atoms with Gasteiger partial charge < -0.3 is 11.1 Å². The van der Waals surface area contributed by atoms with E-state index in [0.717, 1.165) is 5.39 Å². The van der Waals surface area contributed by atoms with E-state index in [2.05, 4.69) is 15.4 Å². The highest BCUT2D eigenvalue weighted by atomic mass is 16.2. The van der Waals surface area contributed by atoms with Crippen LogP contribution in [0.25, 0.3) is 10.9 Å². The van der Waals surface area contributed by atoms with E-state index in [1.807, 2.05) is 54.6 Å². The van der Waals surface area contributed by atoms with E-state index in [4.69, 9.17) is 5.73 Å². The number of aromatic nitrogens is 1. The number of fused-ring (bicyclic) bond motifs is 1. The van der Waals surface area contributed by atoms with E-state index < -0.39 is 11.9 Å². The maximum Gasteiger partial charge on any atom is 0.272 e. The molecule has 134 valence electrons. The van der Waals surface area contributed by atoms with Gasteiger partial charge in [0, 0.05) is 18.0 Å². The lowest BCUT2D eigenvalue weighted by Gasteiger charge is -2.20. The number of carbonyl (C=O) groups excluding carboxylic acids is 2. The highest BCUT2D eigenvalue weighted by Crippen LogP contribution is 2.26. The molecule has 0 fully saturated rings. The van der Waals surface area contributed by atoms with Gasteiger partial charge in [0.25, 0.3) is 5.91 Å². The Morgan fingerprint density at radius 2 is 1.81 bits per heavy atom. The molecule has 1 aliphatic heterocycles. The van der Waals surface area contributed by atoms with E-state index in [0.29, 0.717) is 16.9 Å². The zero-order valence-corrected chi connectivity index (χ0v) is 14.4. The van der Waals surface area contributed by atoms with Gasteiger partial charge in [0.05, 0.1) is 16.9 Å².